The minimum Gasteiger partial charge on any atom is -0.479 e. The van der Waals surface area contributed by atoms with Gasteiger partial charge < -0.3 is 14.8 Å². The molecule has 0 radical (unpaired) electrons. The van der Waals surface area contributed by atoms with Gasteiger partial charge in [0.2, 0.25) is 0 Å². The maximum absolute atomic E-state index is 11.5. The SMILES string of the molecule is CCOC(=O)C(C)Oc1cccc(CNC(C)(C)C)c1. The van der Waals surface area contributed by atoms with Gasteiger partial charge in [0.25, 0.3) is 0 Å². The molecule has 1 rings (SSSR count). The van der Waals surface area contributed by atoms with Crippen LogP contribution in [0.2, 0.25) is 0 Å². The third-order valence-corrected chi connectivity index (χ3v) is 2.65. The van der Waals surface area contributed by atoms with Crippen LogP contribution in [0.25, 0.3) is 0 Å². The molecule has 112 valence electrons. The quantitative estimate of drug-likeness (QED) is 0.813. The fourth-order valence-electron chi connectivity index (χ4n) is 1.61. The first kappa shape index (κ1) is 16.5. The molecular formula is C16H25NO3. The summed E-state index contributed by atoms with van der Waals surface area (Å²) in [5.41, 5.74) is 1.18. The lowest BCUT2D eigenvalue weighted by molar-refractivity contribution is -0.150. The Hall–Kier alpha value is -1.55. The molecule has 0 aliphatic heterocycles. The Bertz CT molecular complexity index is 438. The molecule has 1 N–H and O–H groups in total. The van der Waals surface area contributed by atoms with E-state index in [1.54, 1.807) is 13.8 Å². The van der Waals surface area contributed by atoms with Gasteiger partial charge in [-0.15, -0.1) is 0 Å². The number of esters is 1. The summed E-state index contributed by atoms with van der Waals surface area (Å²) in [6.07, 6.45) is -0.597. The first-order chi connectivity index (χ1) is 9.31. The molecule has 0 fully saturated rings. The molecule has 0 amide bonds. The number of rotatable bonds is 6. The molecule has 0 aliphatic carbocycles. The Kier molecular flexibility index (Phi) is 6.02. The Balaban J connectivity index is 2.61. The van der Waals surface area contributed by atoms with Crippen LogP contribution in [0.3, 0.4) is 0 Å². The number of carbonyl (C=O) groups excluding carboxylic acids is 1. The van der Waals surface area contributed by atoms with Crippen molar-refractivity contribution in [3.63, 3.8) is 0 Å². The van der Waals surface area contributed by atoms with Crippen molar-refractivity contribution >= 4 is 5.97 Å². The molecule has 0 aliphatic rings. The van der Waals surface area contributed by atoms with Gasteiger partial charge in [-0.1, -0.05) is 12.1 Å². The summed E-state index contributed by atoms with van der Waals surface area (Å²) in [6.45, 7) is 11.0. The third kappa shape index (κ3) is 6.06. The van der Waals surface area contributed by atoms with Crippen molar-refractivity contribution < 1.29 is 14.3 Å². The molecule has 20 heavy (non-hydrogen) atoms. The zero-order chi connectivity index (χ0) is 15.2. The summed E-state index contributed by atoms with van der Waals surface area (Å²) in [4.78, 5) is 11.5. The van der Waals surface area contributed by atoms with E-state index in [0.717, 1.165) is 12.1 Å². The van der Waals surface area contributed by atoms with Gasteiger partial charge in [0.1, 0.15) is 5.75 Å². The minimum absolute atomic E-state index is 0.0646. The summed E-state index contributed by atoms with van der Waals surface area (Å²) in [6, 6.07) is 7.73. The minimum atomic E-state index is -0.597. The van der Waals surface area contributed by atoms with E-state index in [1.165, 1.54) is 0 Å². The lowest BCUT2D eigenvalue weighted by atomic mass is 10.1. The molecule has 1 aromatic rings. The van der Waals surface area contributed by atoms with Crippen LogP contribution in [0.5, 0.6) is 5.75 Å². The van der Waals surface area contributed by atoms with Gasteiger partial charge in [-0.2, -0.15) is 0 Å². The normalized spacial score (nSPS) is 12.8. The van der Waals surface area contributed by atoms with E-state index in [0.29, 0.717) is 12.4 Å². The van der Waals surface area contributed by atoms with Gasteiger partial charge in [-0.25, -0.2) is 4.79 Å². The lowest BCUT2D eigenvalue weighted by Gasteiger charge is -2.21. The first-order valence-corrected chi connectivity index (χ1v) is 6.99. The molecule has 1 unspecified atom stereocenters. The molecular weight excluding hydrogens is 254 g/mol. The van der Waals surface area contributed by atoms with E-state index in [4.69, 9.17) is 9.47 Å². The second kappa shape index (κ2) is 7.29. The van der Waals surface area contributed by atoms with Crippen LogP contribution in [0.4, 0.5) is 0 Å². The van der Waals surface area contributed by atoms with Crippen molar-refractivity contribution in [1.82, 2.24) is 5.32 Å². The average Bonchev–Trinajstić information content (AvgIpc) is 2.36. The maximum atomic E-state index is 11.5. The van der Waals surface area contributed by atoms with Gasteiger partial charge in [0.05, 0.1) is 6.61 Å². The van der Waals surface area contributed by atoms with Crippen LogP contribution in [-0.4, -0.2) is 24.2 Å². The zero-order valence-electron chi connectivity index (χ0n) is 13.0. The molecule has 1 aromatic carbocycles. The van der Waals surface area contributed by atoms with Crippen LogP contribution in [0, 0.1) is 0 Å². The fourth-order valence-corrected chi connectivity index (χ4v) is 1.61. The second-order valence-corrected chi connectivity index (χ2v) is 5.76. The van der Waals surface area contributed by atoms with Gasteiger partial charge in [0.15, 0.2) is 6.10 Å². The van der Waals surface area contributed by atoms with E-state index in [9.17, 15) is 4.79 Å². The standard InChI is InChI=1S/C16H25NO3/c1-6-19-15(18)12(2)20-14-9-7-8-13(10-14)11-17-16(3,4)5/h7-10,12,17H,6,11H2,1-5H3. The summed E-state index contributed by atoms with van der Waals surface area (Å²) in [5.74, 6) is 0.337. The van der Waals surface area contributed by atoms with Gasteiger partial charge in [0, 0.05) is 12.1 Å². The smallest absolute Gasteiger partial charge is 0.347 e. The molecule has 0 saturated carbocycles. The number of carbonyl (C=O) groups is 1. The lowest BCUT2D eigenvalue weighted by Crippen LogP contribution is -2.35. The predicted octanol–water partition coefficient (Wildman–Crippen LogP) is 2.91. The van der Waals surface area contributed by atoms with E-state index < -0.39 is 6.10 Å². The van der Waals surface area contributed by atoms with Crippen molar-refractivity contribution in [2.45, 2.75) is 52.8 Å². The Morgan fingerprint density at radius 3 is 2.65 bits per heavy atom. The number of benzene rings is 1. The second-order valence-electron chi connectivity index (χ2n) is 5.76. The van der Waals surface area contributed by atoms with Crippen molar-refractivity contribution in [3.8, 4) is 5.75 Å². The molecule has 4 heteroatoms. The molecule has 0 spiro atoms. The summed E-state index contributed by atoms with van der Waals surface area (Å²) < 4.78 is 10.5. The number of hydrogen-bond acceptors (Lipinski definition) is 4. The molecule has 0 aromatic heterocycles. The Labute approximate surface area is 121 Å². The van der Waals surface area contributed by atoms with Crippen molar-refractivity contribution in [2.24, 2.45) is 0 Å². The predicted molar refractivity (Wildman–Crippen MR) is 79.8 cm³/mol. The van der Waals surface area contributed by atoms with Gasteiger partial charge in [-0.3, -0.25) is 0 Å². The molecule has 0 bridgehead atoms. The highest BCUT2D eigenvalue weighted by atomic mass is 16.6. The third-order valence-electron chi connectivity index (χ3n) is 2.65. The monoisotopic (exact) mass is 279 g/mol. The van der Waals surface area contributed by atoms with Crippen LogP contribution in [0.1, 0.15) is 40.2 Å². The van der Waals surface area contributed by atoms with Crippen molar-refractivity contribution in [3.05, 3.63) is 29.8 Å². The molecule has 1 atom stereocenters. The van der Waals surface area contributed by atoms with Gasteiger partial charge >= 0.3 is 5.97 Å². The highest BCUT2D eigenvalue weighted by Crippen LogP contribution is 2.16. The first-order valence-electron chi connectivity index (χ1n) is 6.99. The number of hydrogen-bond donors (Lipinski definition) is 1. The summed E-state index contributed by atoms with van der Waals surface area (Å²) in [7, 11) is 0. The molecule has 4 nitrogen and oxygen atoms in total. The van der Waals surface area contributed by atoms with Crippen LogP contribution in [-0.2, 0) is 16.1 Å². The highest BCUT2D eigenvalue weighted by molar-refractivity contribution is 5.74. The van der Waals surface area contributed by atoms with Crippen LogP contribution >= 0.6 is 0 Å². The topological polar surface area (TPSA) is 47.6 Å². The van der Waals surface area contributed by atoms with Crippen LogP contribution < -0.4 is 10.1 Å². The summed E-state index contributed by atoms with van der Waals surface area (Å²) in [5, 5.41) is 3.41. The van der Waals surface area contributed by atoms with Crippen molar-refractivity contribution in [1.29, 1.82) is 0 Å². The average molecular weight is 279 g/mol. The fraction of sp³-hybridized carbons (Fsp3) is 0.562. The number of nitrogens with one attached hydrogen (secondary N) is 1. The maximum Gasteiger partial charge on any atom is 0.347 e. The molecule has 0 saturated heterocycles. The summed E-state index contributed by atoms with van der Waals surface area (Å²) >= 11 is 0. The van der Waals surface area contributed by atoms with E-state index in [1.807, 2.05) is 24.3 Å². The van der Waals surface area contributed by atoms with Gasteiger partial charge in [-0.05, 0) is 52.3 Å². The van der Waals surface area contributed by atoms with E-state index >= 15 is 0 Å². The van der Waals surface area contributed by atoms with Crippen molar-refractivity contribution in [2.75, 3.05) is 6.61 Å². The van der Waals surface area contributed by atoms with E-state index in [-0.39, 0.29) is 11.5 Å². The number of ether oxygens (including phenoxy) is 2. The zero-order valence-corrected chi connectivity index (χ0v) is 13.0. The largest absolute Gasteiger partial charge is 0.479 e. The Morgan fingerprint density at radius 1 is 1.35 bits per heavy atom. The highest BCUT2D eigenvalue weighted by Gasteiger charge is 2.16. The van der Waals surface area contributed by atoms with E-state index in [2.05, 4.69) is 26.1 Å². The van der Waals surface area contributed by atoms with Crippen LogP contribution in [0.15, 0.2) is 24.3 Å². The Morgan fingerprint density at radius 2 is 2.05 bits per heavy atom. The molecule has 0 heterocycles.